The highest BCUT2D eigenvalue weighted by Crippen LogP contribution is 2.33. The summed E-state index contributed by atoms with van der Waals surface area (Å²) in [5.41, 5.74) is -0.359. The van der Waals surface area contributed by atoms with E-state index in [9.17, 15) is 17.6 Å². The molecule has 112 valence electrons. The minimum atomic E-state index is -4.72. The molecule has 0 aliphatic rings. The van der Waals surface area contributed by atoms with Gasteiger partial charge in [0.1, 0.15) is 5.82 Å². The minimum absolute atomic E-state index is 0.323. The zero-order valence-corrected chi connectivity index (χ0v) is 11.3. The maximum absolute atomic E-state index is 13.4. The lowest BCUT2D eigenvalue weighted by Gasteiger charge is -2.19. The van der Waals surface area contributed by atoms with Gasteiger partial charge in [-0.25, -0.2) is 4.39 Å². The van der Waals surface area contributed by atoms with Gasteiger partial charge in [-0.15, -0.1) is 0 Å². The first-order valence-corrected chi connectivity index (χ1v) is 6.44. The monoisotopic (exact) mass is 298 g/mol. The van der Waals surface area contributed by atoms with Crippen LogP contribution < -0.4 is 5.32 Å². The Hall–Kier alpha value is -1.95. The van der Waals surface area contributed by atoms with Gasteiger partial charge in [0.15, 0.2) is 0 Å². The summed E-state index contributed by atoms with van der Waals surface area (Å²) in [6.07, 6.45) is -3.16. The molecule has 0 aliphatic heterocycles. The molecule has 0 saturated carbocycles. The molecule has 2 aromatic rings. The summed E-state index contributed by atoms with van der Waals surface area (Å²) in [7, 11) is 0. The van der Waals surface area contributed by atoms with Gasteiger partial charge in [0.2, 0.25) is 0 Å². The predicted octanol–water partition coefficient (Wildman–Crippen LogP) is 3.94. The third-order valence-electron chi connectivity index (χ3n) is 3.02. The van der Waals surface area contributed by atoms with Gasteiger partial charge in [-0.1, -0.05) is 19.1 Å². The summed E-state index contributed by atoms with van der Waals surface area (Å²) in [4.78, 5) is 4.15. The summed E-state index contributed by atoms with van der Waals surface area (Å²) in [6.45, 7) is 2.38. The van der Waals surface area contributed by atoms with Crippen molar-refractivity contribution in [3.63, 3.8) is 0 Å². The molecular weight excluding hydrogens is 284 g/mol. The van der Waals surface area contributed by atoms with Crippen molar-refractivity contribution in [3.05, 3.63) is 65.2 Å². The van der Waals surface area contributed by atoms with Crippen molar-refractivity contribution < 1.29 is 17.6 Å². The van der Waals surface area contributed by atoms with Crippen molar-refractivity contribution in [1.82, 2.24) is 10.3 Å². The van der Waals surface area contributed by atoms with Crippen molar-refractivity contribution in [2.45, 2.75) is 19.1 Å². The van der Waals surface area contributed by atoms with Crippen LogP contribution in [0.25, 0.3) is 0 Å². The number of alkyl halides is 3. The minimum Gasteiger partial charge on any atom is -0.305 e. The van der Waals surface area contributed by atoms with E-state index < -0.39 is 23.6 Å². The number of nitrogens with one attached hydrogen (secondary N) is 1. The van der Waals surface area contributed by atoms with E-state index in [0.29, 0.717) is 17.8 Å². The molecule has 1 aromatic carbocycles. The highest BCUT2D eigenvalue weighted by molar-refractivity contribution is 5.33. The fraction of sp³-hybridized carbons (Fsp3) is 0.267. The molecule has 1 aromatic heterocycles. The van der Waals surface area contributed by atoms with Crippen LogP contribution >= 0.6 is 0 Å². The Balaban J connectivity index is 2.47. The molecular formula is C15H14F4N2. The fourth-order valence-corrected chi connectivity index (χ4v) is 2.08. The Labute approximate surface area is 119 Å². The number of hydrogen-bond donors (Lipinski definition) is 1. The number of aromatic nitrogens is 1. The van der Waals surface area contributed by atoms with Gasteiger partial charge in [-0.05, 0) is 36.4 Å². The lowest BCUT2D eigenvalue weighted by atomic mass is 10.00. The molecule has 6 heteroatoms. The Kier molecular flexibility index (Phi) is 4.57. The molecule has 1 atom stereocenters. The number of rotatable bonds is 4. The summed E-state index contributed by atoms with van der Waals surface area (Å²) < 4.78 is 51.8. The lowest BCUT2D eigenvalue weighted by Crippen LogP contribution is -2.23. The third kappa shape index (κ3) is 3.58. The predicted molar refractivity (Wildman–Crippen MR) is 71.2 cm³/mol. The Morgan fingerprint density at radius 2 is 1.95 bits per heavy atom. The standard InChI is InChI=1S/C15H14F4N2/c1-2-20-14(13-5-3-4-8-21-13)10-6-7-12(16)11(9-10)15(17,18)19/h3-9,14,20H,2H2,1H3. The van der Waals surface area contributed by atoms with E-state index in [1.54, 1.807) is 24.4 Å². The van der Waals surface area contributed by atoms with Crippen molar-refractivity contribution in [3.8, 4) is 0 Å². The second kappa shape index (κ2) is 6.22. The van der Waals surface area contributed by atoms with Gasteiger partial charge in [-0.3, -0.25) is 4.98 Å². The van der Waals surface area contributed by atoms with Crippen LogP contribution in [0.1, 0.15) is 29.8 Å². The molecule has 0 radical (unpaired) electrons. The van der Waals surface area contributed by atoms with Crippen molar-refractivity contribution in [1.29, 1.82) is 0 Å². The smallest absolute Gasteiger partial charge is 0.305 e. The van der Waals surface area contributed by atoms with Crippen LogP contribution in [0.4, 0.5) is 17.6 Å². The average molecular weight is 298 g/mol. The van der Waals surface area contributed by atoms with Crippen LogP contribution in [0, 0.1) is 5.82 Å². The molecule has 1 unspecified atom stereocenters. The van der Waals surface area contributed by atoms with Crippen LogP contribution in [0.2, 0.25) is 0 Å². The molecule has 2 rings (SSSR count). The number of halogens is 4. The van der Waals surface area contributed by atoms with Gasteiger partial charge < -0.3 is 5.32 Å². The highest BCUT2D eigenvalue weighted by atomic mass is 19.4. The average Bonchev–Trinajstić information content (AvgIpc) is 2.45. The largest absolute Gasteiger partial charge is 0.419 e. The second-order valence-corrected chi connectivity index (χ2v) is 4.48. The maximum Gasteiger partial charge on any atom is 0.419 e. The first kappa shape index (κ1) is 15.4. The van der Waals surface area contributed by atoms with Gasteiger partial charge in [0.25, 0.3) is 0 Å². The van der Waals surface area contributed by atoms with Crippen LogP contribution in [-0.2, 0) is 6.18 Å². The van der Waals surface area contributed by atoms with Crippen molar-refractivity contribution in [2.75, 3.05) is 6.54 Å². The van der Waals surface area contributed by atoms with Gasteiger partial charge >= 0.3 is 6.18 Å². The zero-order chi connectivity index (χ0) is 15.5. The molecule has 0 spiro atoms. The summed E-state index contributed by atoms with van der Waals surface area (Å²) in [5, 5.41) is 3.06. The molecule has 21 heavy (non-hydrogen) atoms. The topological polar surface area (TPSA) is 24.9 Å². The lowest BCUT2D eigenvalue weighted by molar-refractivity contribution is -0.140. The van der Waals surface area contributed by atoms with Gasteiger partial charge in [0, 0.05) is 6.20 Å². The third-order valence-corrected chi connectivity index (χ3v) is 3.02. The van der Waals surface area contributed by atoms with Crippen LogP contribution in [0.5, 0.6) is 0 Å². The number of hydrogen-bond acceptors (Lipinski definition) is 2. The maximum atomic E-state index is 13.4. The molecule has 0 aliphatic carbocycles. The van der Waals surface area contributed by atoms with Crippen LogP contribution in [0.15, 0.2) is 42.6 Å². The quantitative estimate of drug-likeness (QED) is 0.865. The normalized spacial score (nSPS) is 13.2. The first-order chi connectivity index (χ1) is 9.93. The molecule has 0 amide bonds. The van der Waals surface area contributed by atoms with E-state index in [-0.39, 0.29) is 0 Å². The van der Waals surface area contributed by atoms with Crippen LogP contribution in [-0.4, -0.2) is 11.5 Å². The summed E-state index contributed by atoms with van der Waals surface area (Å²) in [5.74, 6) is -1.28. The molecule has 2 nitrogen and oxygen atoms in total. The highest BCUT2D eigenvalue weighted by Gasteiger charge is 2.34. The SMILES string of the molecule is CCNC(c1ccc(F)c(C(F)(F)F)c1)c1ccccn1. The molecule has 1 N–H and O–H groups in total. The molecule has 0 fully saturated rings. The van der Waals surface area contributed by atoms with E-state index in [1.165, 1.54) is 6.07 Å². The van der Waals surface area contributed by atoms with Gasteiger partial charge in [-0.2, -0.15) is 13.2 Å². The van der Waals surface area contributed by atoms with E-state index >= 15 is 0 Å². The number of benzene rings is 1. The molecule has 0 bridgehead atoms. The van der Waals surface area contributed by atoms with E-state index in [2.05, 4.69) is 10.3 Å². The molecule has 1 heterocycles. The molecule has 0 saturated heterocycles. The summed E-state index contributed by atoms with van der Waals surface area (Å²) >= 11 is 0. The van der Waals surface area contributed by atoms with Crippen molar-refractivity contribution in [2.24, 2.45) is 0 Å². The Morgan fingerprint density at radius 3 is 2.52 bits per heavy atom. The number of nitrogens with zero attached hydrogens (tertiary/aromatic N) is 1. The Morgan fingerprint density at radius 1 is 1.19 bits per heavy atom. The van der Waals surface area contributed by atoms with E-state index in [0.717, 1.165) is 12.1 Å². The van der Waals surface area contributed by atoms with Crippen molar-refractivity contribution >= 4 is 0 Å². The van der Waals surface area contributed by atoms with E-state index in [4.69, 9.17) is 0 Å². The van der Waals surface area contributed by atoms with E-state index in [1.807, 2.05) is 6.92 Å². The fourth-order valence-electron chi connectivity index (χ4n) is 2.08. The summed E-state index contributed by atoms with van der Waals surface area (Å²) in [6, 6.07) is 7.68. The first-order valence-electron chi connectivity index (χ1n) is 6.44. The van der Waals surface area contributed by atoms with Crippen LogP contribution in [0.3, 0.4) is 0 Å². The zero-order valence-electron chi connectivity index (χ0n) is 11.3. The second-order valence-electron chi connectivity index (χ2n) is 4.48. The Bertz CT molecular complexity index is 596. The number of pyridine rings is 1. The van der Waals surface area contributed by atoms with Gasteiger partial charge in [0.05, 0.1) is 17.3 Å².